The third kappa shape index (κ3) is 3.58. The molecule has 3 aliphatic heterocycles. The standard InChI is InChI=1S/C27H27N3O7/c1-5-27(33)18-9-20-23-16(12-30(20)24(31)17(18)13-36-25(27)32)15(11-28-37-26(2,3)4)14-8-21-22(10-19(14)29-23)35-7-6-34-21/h8-11,33H,5-7,12-13H2,1-4H3/b28-11+/t27-/m0/s1. The average molecular weight is 506 g/mol. The maximum Gasteiger partial charge on any atom is 0.343 e. The summed E-state index contributed by atoms with van der Waals surface area (Å²) in [6.07, 6.45) is 1.71. The van der Waals surface area contributed by atoms with Gasteiger partial charge in [0.1, 0.15) is 25.4 Å². The summed E-state index contributed by atoms with van der Waals surface area (Å²) in [5, 5.41) is 16.2. The number of ether oxygens (including phenoxy) is 3. The van der Waals surface area contributed by atoms with Crippen LogP contribution in [0.5, 0.6) is 11.5 Å². The molecule has 6 rings (SSSR count). The molecule has 3 aliphatic rings. The number of nitrogens with zero attached hydrogens (tertiary/aromatic N) is 3. The number of oxime groups is 1. The molecule has 0 aliphatic carbocycles. The lowest BCUT2D eigenvalue weighted by atomic mass is 9.86. The van der Waals surface area contributed by atoms with Gasteiger partial charge in [0.05, 0.1) is 35.2 Å². The average Bonchev–Trinajstić information content (AvgIpc) is 3.23. The Bertz CT molecular complexity index is 1570. The van der Waals surface area contributed by atoms with E-state index in [1.165, 1.54) is 0 Å². The molecule has 5 heterocycles. The molecule has 3 aromatic rings. The van der Waals surface area contributed by atoms with Crippen LogP contribution >= 0.6 is 0 Å². The number of carbonyl (C=O) groups is 1. The molecule has 0 bridgehead atoms. The van der Waals surface area contributed by atoms with Gasteiger partial charge in [-0.15, -0.1) is 0 Å². The van der Waals surface area contributed by atoms with Crippen LogP contribution in [0, 0.1) is 0 Å². The Morgan fingerprint density at radius 3 is 2.57 bits per heavy atom. The van der Waals surface area contributed by atoms with Crippen LogP contribution in [-0.4, -0.2) is 45.7 Å². The molecule has 37 heavy (non-hydrogen) atoms. The van der Waals surface area contributed by atoms with Crippen molar-refractivity contribution in [3.8, 4) is 22.9 Å². The third-order valence-corrected chi connectivity index (χ3v) is 6.90. The van der Waals surface area contributed by atoms with Gasteiger partial charge >= 0.3 is 5.97 Å². The van der Waals surface area contributed by atoms with Gasteiger partial charge in [-0.05, 0) is 39.3 Å². The van der Waals surface area contributed by atoms with Crippen molar-refractivity contribution >= 4 is 23.1 Å². The molecule has 0 spiro atoms. The van der Waals surface area contributed by atoms with Crippen molar-refractivity contribution < 1.29 is 28.9 Å². The van der Waals surface area contributed by atoms with Crippen molar-refractivity contribution in [2.75, 3.05) is 13.2 Å². The van der Waals surface area contributed by atoms with Crippen molar-refractivity contribution in [3.05, 3.63) is 50.8 Å². The Kier molecular flexibility index (Phi) is 5.10. The topological polar surface area (TPSA) is 121 Å². The molecule has 0 saturated carbocycles. The Balaban J connectivity index is 1.61. The summed E-state index contributed by atoms with van der Waals surface area (Å²) in [5.74, 6) is 0.440. The molecule has 0 radical (unpaired) electrons. The fourth-order valence-electron chi connectivity index (χ4n) is 5.03. The van der Waals surface area contributed by atoms with Crippen molar-refractivity contribution in [1.82, 2.24) is 9.55 Å². The normalized spacial score (nSPS) is 20.0. The van der Waals surface area contributed by atoms with Crippen molar-refractivity contribution in [2.45, 2.75) is 58.5 Å². The summed E-state index contributed by atoms with van der Waals surface area (Å²) in [6.45, 7) is 8.32. The van der Waals surface area contributed by atoms with Crippen molar-refractivity contribution in [1.29, 1.82) is 0 Å². The minimum absolute atomic E-state index is 0.0747. The molecule has 10 heteroatoms. The SMILES string of the molecule is CC[C@@]1(O)C(=O)OCc2c1cc1n(c2=O)Cc2c-1nc1cc3c(cc1c2/C=N/OC(C)(C)C)OCCO3. The summed E-state index contributed by atoms with van der Waals surface area (Å²) < 4.78 is 18.3. The molecule has 0 fully saturated rings. The Labute approximate surface area is 212 Å². The lowest BCUT2D eigenvalue weighted by molar-refractivity contribution is -0.172. The Hall–Kier alpha value is -3.92. The van der Waals surface area contributed by atoms with Gasteiger partial charge in [-0.3, -0.25) is 4.79 Å². The van der Waals surface area contributed by atoms with Gasteiger partial charge in [-0.25, -0.2) is 9.78 Å². The van der Waals surface area contributed by atoms with Crippen LogP contribution in [0.1, 0.15) is 56.4 Å². The van der Waals surface area contributed by atoms with Crippen LogP contribution in [0.4, 0.5) is 0 Å². The lowest BCUT2D eigenvalue weighted by Gasteiger charge is -2.31. The van der Waals surface area contributed by atoms with Crippen LogP contribution in [0.15, 0.2) is 28.1 Å². The second kappa shape index (κ2) is 8.04. The number of aliphatic hydroxyl groups is 1. The largest absolute Gasteiger partial charge is 0.486 e. The highest BCUT2D eigenvalue weighted by molar-refractivity contribution is 6.03. The van der Waals surface area contributed by atoms with Crippen LogP contribution in [-0.2, 0) is 33.1 Å². The fourth-order valence-corrected chi connectivity index (χ4v) is 5.03. The van der Waals surface area contributed by atoms with Gasteiger partial charge in [0.15, 0.2) is 17.1 Å². The first kappa shape index (κ1) is 23.5. The van der Waals surface area contributed by atoms with E-state index >= 15 is 0 Å². The van der Waals surface area contributed by atoms with Crippen molar-refractivity contribution in [3.63, 3.8) is 0 Å². The van der Waals surface area contributed by atoms with Crippen LogP contribution in [0.2, 0.25) is 0 Å². The molecular weight excluding hydrogens is 478 g/mol. The maximum atomic E-state index is 13.6. The van der Waals surface area contributed by atoms with Crippen LogP contribution < -0.4 is 15.0 Å². The zero-order chi connectivity index (χ0) is 26.1. The first-order valence-corrected chi connectivity index (χ1v) is 12.3. The van der Waals surface area contributed by atoms with Gasteiger partial charge in [-0.1, -0.05) is 12.1 Å². The molecule has 0 amide bonds. The number of carbonyl (C=O) groups excluding carboxylic acids is 1. The second-order valence-electron chi connectivity index (χ2n) is 10.4. The van der Waals surface area contributed by atoms with E-state index in [4.69, 9.17) is 24.0 Å². The summed E-state index contributed by atoms with van der Waals surface area (Å²) in [7, 11) is 0. The summed E-state index contributed by atoms with van der Waals surface area (Å²) in [5.41, 5.74) is 1.06. The van der Waals surface area contributed by atoms with Crippen LogP contribution in [0.3, 0.4) is 0 Å². The van der Waals surface area contributed by atoms with Gasteiger partial charge in [0.2, 0.25) is 0 Å². The van der Waals surface area contributed by atoms with Gasteiger partial charge < -0.3 is 28.7 Å². The zero-order valence-electron chi connectivity index (χ0n) is 21.1. The number of hydrogen-bond donors (Lipinski definition) is 1. The number of cyclic esters (lactones) is 1. The minimum atomic E-state index is -1.89. The molecule has 1 aromatic carbocycles. The van der Waals surface area contributed by atoms with Gasteiger partial charge in [0.25, 0.3) is 5.56 Å². The number of benzene rings is 1. The predicted molar refractivity (Wildman–Crippen MR) is 134 cm³/mol. The molecule has 1 N–H and O–H groups in total. The van der Waals surface area contributed by atoms with E-state index in [-0.39, 0.29) is 36.3 Å². The molecular formula is C27H27N3O7. The van der Waals surface area contributed by atoms with E-state index in [9.17, 15) is 14.7 Å². The molecule has 0 saturated heterocycles. The minimum Gasteiger partial charge on any atom is -0.486 e. The molecule has 1 atom stereocenters. The monoisotopic (exact) mass is 505 g/mol. The molecule has 10 nitrogen and oxygen atoms in total. The number of rotatable bonds is 3. The highest BCUT2D eigenvalue weighted by Crippen LogP contribution is 2.42. The van der Waals surface area contributed by atoms with E-state index in [1.54, 1.807) is 23.8 Å². The Morgan fingerprint density at radius 2 is 1.86 bits per heavy atom. The summed E-state index contributed by atoms with van der Waals surface area (Å²) in [4.78, 5) is 36.6. The lowest BCUT2D eigenvalue weighted by Crippen LogP contribution is -2.44. The van der Waals surface area contributed by atoms with Gasteiger partial charge in [0, 0.05) is 28.1 Å². The highest BCUT2D eigenvalue weighted by atomic mass is 16.6. The predicted octanol–water partition coefficient (Wildman–Crippen LogP) is 3.00. The number of aromatic nitrogens is 2. The number of esters is 1. The first-order valence-electron chi connectivity index (χ1n) is 12.3. The number of pyridine rings is 2. The third-order valence-electron chi connectivity index (χ3n) is 6.90. The summed E-state index contributed by atoms with van der Waals surface area (Å²) in [6, 6.07) is 5.37. The zero-order valence-corrected chi connectivity index (χ0v) is 21.1. The van der Waals surface area contributed by atoms with E-state index in [2.05, 4.69) is 5.16 Å². The quantitative estimate of drug-likeness (QED) is 0.256. The Morgan fingerprint density at radius 1 is 1.14 bits per heavy atom. The van der Waals surface area contributed by atoms with Gasteiger partial charge in [-0.2, -0.15) is 0 Å². The molecule has 2 aromatic heterocycles. The first-order chi connectivity index (χ1) is 17.6. The highest BCUT2D eigenvalue weighted by Gasteiger charge is 2.45. The number of fused-ring (bicyclic) bond motifs is 6. The summed E-state index contributed by atoms with van der Waals surface area (Å²) >= 11 is 0. The van der Waals surface area contributed by atoms with E-state index < -0.39 is 17.2 Å². The van der Waals surface area contributed by atoms with E-state index in [0.29, 0.717) is 41.6 Å². The fraction of sp³-hybridized carbons (Fsp3) is 0.407. The smallest absolute Gasteiger partial charge is 0.343 e. The van der Waals surface area contributed by atoms with E-state index in [0.717, 1.165) is 16.5 Å². The van der Waals surface area contributed by atoms with E-state index in [1.807, 2.05) is 32.9 Å². The van der Waals surface area contributed by atoms with Crippen molar-refractivity contribution in [2.24, 2.45) is 5.16 Å². The maximum absolute atomic E-state index is 13.6. The molecule has 0 unspecified atom stereocenters. The second-order valence-corrected chi connectivity index (χ2v) is 10.4. The number of hydrogen-bond acceptors (Lipinski definition) is 9. The van der Waals surface area contributed by atoms with Crippen LogP contribution in [0.25, 0.3) is 22.3 Å². The molecule has 192 valence electrons.